The maximum Gasteiger partial charge on any atom is 0.227 e. The van der Waals surface area contributed by atoms with Crippen LogP contribution < -0.4 is 5.32 Å². The lowest BCUT2D eigenvalue weighted by Gasteiger charge is -2.29. The van der Waals surface area contributed by atoms with Crippen molar-refractivity contribution in [3.63, 3.8) is 0 Å². The third-order valence-corrected chi connectivity index (χ3v) is 5.37. The molecule has 0 saturated carbocycles. The Morgan fingerprint density at radius 1 is 1.29 bits per heavy atom. The molecular weight excluding hydrogens is 282 g/mol. The average molecular weight is 307 g/mol. The van der Waals surface area contributed by atoms with Crippen LogP contribution in [0.2, 0.25) is 0 Å². The Labute approximate surface area is 131 Å². The van der Waals surface area contributed by atoms with Crippen molar-refractivity contribution < 1.29 is 4.79 Å². The van der Waals surface area contributed by atoms with E-state index in [1.165, 1.54) is 4.88 Å². The molecule has 2 saturated heterocycles. The zero-order valence-electron chi connectivity index (χ0n) is 12.6. The van der Waals surface area contributed by atoms with E-state index < -0.39 is 0 Å². The molecule has 1 atom stereocenters. The number of amides is 1. The molecule has 1 aromatic heterocycles. The highest BCUT2D eigenvalue weighted by molar-refractivity contribution is 7.09. The highest BCUT2D eigenvalue weighted by Crippen LogP contribution is 2.17. The molecule has 4 nitrogen and oxygen atoms in total. The minimum Gasteiger partial charge on any atom is -0.341 e. The van der Waals surface area contributed by atoms with Crippen molar-refractivity contribution in [3.8, 4) is 0 Å². The highest BCUT2D eigenvalue weighted by Gasteiger charge is 2.27. The number of nitrogens with zero attached hydrogens (tertiary/aromatic N) is 2. The van der Waals surface area contributed by atoms with Crippen LogP contribution in [0.4, 0.5) is 0 Å². The molecule has 21 heavy (non-hydrogen) atoms. The molecule has 2 fully saturated rings. The van der Waals surface area contributed by atoms with Gasteiger partial charge in [-0.1, -0.05) is 6.07 Å². The smallest absolute Gasteiger partial charge is 0.227 e. The molecule has 0 spiro atoms. The largest absolute Gasteiger partial charge is 0.341 e. The second kappa shape index (κ2) is 7.38. The fourth-order valence-electron chi connectivity index (χ4n) is 3.29. The normalized spacial score (nSPS) is 24.8. The van der Waals surface area contributed by atoms with Crippen molar-refractivity contribution in [2.45, 2.75) is 25.8 Å². The van der Waals surface area contributed by atoms with Gasteiger partial charge in [0, 0.05) is 44.1 Å². The van der Waals surface area contributed by atoms with Gasteiger partial charge in [-0.3, -0.25) is 9.69 Å². The molecule has 1 N–H and O–H groups in total. The van der Waals surface area contributed by atoms with E-state index >= 15 is 0 Å². The first-order chi connectivity index (χ1) is 10.3. The number of carbonyl (C=O) groups is 1. The molecule has 1 aromatic rings. The highest BCUT2D eigenvalue weighted by atomic mass is 32.1. The van der Waals surface area contributed by atoms with Gasteiger partial charge in [-0.15, -0.1) is 11.3 Å². The van der Waals surface area contributed by atoms with E-state index in [1.807, 2.05) is 11.3 Å². The summed E-state index contributed by atoms with van der Waals surface area (Å²) in [5.74, 6) is 0.586. The summed E-state index contributed by atoms with van der Waals surface area (Å²) in [4.78, 5) is 18.6. The molecule has 1 amide bonds. The van der Waals surface area contributed by atoms with Crippen molar-refractivity contribution in [3.05, 3.63) is 22.4 Å². The standard InChI is InChI=1S/C16H25N3OS/c20-16(14-4-1-6-17-12-14)19-8-3-7-18(9-10-19)13-15-5-2-11-21-15/h2,5,11,14,17H,1,3-4,6-10,12-13H2. The fraction of sp³-hybridized carbons (Fsp3) is 0.688. The van der Waals surface area contributed by atoms with Crippen LogP contribution in [0.25, 0.3) is 0 Å². The van der Waals surface area contributed by atoms with Gasteiger partial charge in [0.2, 0.25) is 5.91 Å². The predicted molar refractivity (Wildman–Crippen MR) is 86.4 cm³/mol. The van der Waals surface area contributed by atoms with E-state index in [9.17, 15) is 4.79 Å². The average Bonchev–Trinajstić information content (AvgIpc) is 2.92. The van der Waals surface area contributed by atoms with Crippen LogP contribution in [-0.4, -0.2) is 55.0 Å². The second-order valence-corrected chi connectivity index (χ2v) is 7.11. The third kappa shape index (κ3) is 4.05. The van der Waals surface area contributed by atoms with E-state index in [0.717, 1.165) is 65.1 Å². The van der Waals surface area contributed by atoms with Gasteiger partial charge in [0.1, 0.15) is 0 Å². The zero-order chi connectivity index (χ0) is 14.5. The SMILES string of the molecule is O=C(C1CCCNC1)N1CCCN(Cc2cccs2)CC1. The quantitative estimate of drug-likeness (QED) is 0.925. The Hall–Kier alpha value is -0.910. The first-order valence-corrected chi connectivity index (χ1v) is 8.95. The Kier molecular flexibility index (Phi) is 5.27. The summed E-state index contributed by atoms with van der Waals surface area (Å²) >= 11 is 1.82. The first-order valence-electron chi connectivity index (χ1n) is 8.07. The van der Waals surface area contributed by atoms with Crippen molar-refractivity contribution in [2.75, 3.05) is 39.3 Å². The van der Waals surface area contributed by atoms with Crippen LogP contribution in [0.5, 0.6) is 0 Å². The summed E-state index contributed by atoms with van der Waals surface area (Å²) in [6.45, 7) is 6.89. The topological polar surface area (TPSA) is 35.6 Å². The summed E-state index contributed by atoms with van der Waals surface area (Å²) in [7, 11) is 0. The Morgan fingerprint density at radius 2 is 2.24 bits per heavy atom. The van der Waals surface area contributed by atoms with Crippen molar-refractivity contribution in [1.29, 1.82) is 0 Å². The van der Waals surface area contributed by atoms with Crippen LogP contribution in [-0.2, 0) is 11.3 Å². The molecule has 1 unspecified atom stereocenters. The monoisotopic (exact) mass is 307 g/mol. The molecule has 0 aromatic carbocycles. The van der Waals surface area contributed by atoms with Crippen LogP contribution >= 0.6 is 11.3 Å². The van der Waals surface area contributed by atoms with Crippen molar-refractivity contribution in [2.24, 2.45) is 5.92 Å². The van der Waals surface area contributed by atoms with Gasteiger partial charge in [0.25, 0.3) is 0 Å². The molecule has 2 aliphatic heterocycles. The zero-order valence-corrected chi connectivity index (χ0v) is 13.4. The van der Waals surface area contributed by atoms with Gasteiger partial charge < -0.3 is 10.2 Å². The number of thiophene rings is 1. The molecule has 0 radical (unpaired) electrons. The van der Waals surface area contributed by atoms with E-state index in [4.69, 9.17) is 0 Å². The second-order valence-electron chi connectivity index (χ2n) is 6.08. The minimum absolute atomic E-state index is 0.211. The van der Waals surface area contributed by atoms with E-state index in [-0.39, 0.29) is 5.92 Å². The number of piperidine rings is 1. The van der Waals surface area contributed by atoms with Crippen molar-refractivity contribution in [1.82, 2.24) is 15.1 Å². The number of carbonyl (C=O) groups excluding carboxylic acids is 1. The predicted octanol–water partition coefficient (Wildman–Crippen LogP) is 1.78. The molecule has 5 heteroatoms. The number of hydrogen-bond donors (Lipinski definition) is 1. The Bertz CT molecular complexity index is 442. The molecule has 0 aliphatic carbocycles. The van der Waals surface area contributed by atoms with E-state index in [0.29, 0.717) is 5.91 Å². The summed E-state index contributed by atoms with van der Waals surface area (Å²) < 4.78 is 0. The van der Waals surface area contributed by atoms with Crippen LogP contribution in [0.15, 0.2) is 17.5 Å². The lowest BCUT2D eigenvalue weighted by molar-refractivity contribution is -0.135. The number of nitrogens with one attached hydrogen (secondary N) is 1. The van der Waals surface area contributed by atoms with E-state index in [1.54, 1.807) is 0 Å². The molecule has 116 valence electrons. The molecule has 3 heterocycles. The van der Waals surface area contributed by atoms with E-state index in [2.05, 4.69) is 32.6 Å². The Morgan fingerprint density at radius 3 is 3.00 bits per heavy atom. The van der Waals surface area contributed by atoms with Gasteiger partial charge in [-0.25, -0.2) is 0 Å². The van der Waals surface area contributed by atoms with Crippen LogP contribution in [0, 0.1) is 5.92 Å². The van der Waals surface area contributed by atoms with Gasteiger partial charge in [-0.05, 0) is 37.3 Å². The number of hydrogen-bond acceptors (Lipinski definition) is 4. The summed E-state index contributed by atoms with van der Waals surface area (Å²) in [6.07, 6.45) is 3.28. The molecular formula is C16H25N3OS. The molecule has 2 aliphatic rings. The summed E-state index contributed by atoms with van der Waals surface area (Å²) in [6, 6.07) is 4.32. The van der Waals surface area contributed by atoms with Gasteiger partial charge >= 0.3 is 0 Å². The lowest BCUT2D eigenvalue weighted by atomic mass is 9.98. The summed E-state index contributed by atoms with van der Waals surface area (Å²) in [5.41, 5.74) is 0. The first kappa shape index (κ1) is 15.0. The van der Waals surface area contributed by atoms with Gasteiger partial charge in [0.05, 0.1) is 5.92 Å². The maximum atomic E-state index is 12.6. The van der Waals surface area contributed by atoms with Crippen LogP contribution in [0.1, 0.15) is 24.1 Å². The molecule has 3 rings (SSSR count). The maximum absolute atomic E-state index is 12.6. The van der Waals surface area contributed by atoms with Crippen LogP contribution in [0.3, 0.4) is 0 Å². The van der Waals surface area contributed by atoms with Crippen molar-refractivity contribution >= 4 is 17.2 Å². The Balaban J connectivity index is 1.51. The summed E-state index contributed by atoms with van der Waals surface area (Å²) in [5, 5.41) is 5.49. The molecule has 0 bridgehead atoms. The fourth-order valence-corrected chi connectivity index (χ4v) is 4.04. The van der Waals surface area contributed by atoms with Gasteiger partial charge in [0.15, 0.2) is 0 Å². The third-order valence-electron chi connectivity index (χ3n) is 4.51. The van der Waals surface area contributed by atoms with Gasteiger partial charge in [-0.2, -0.15) is 0 Å². The number of rotatable bonds is 3. The lowest BCUT2D eigenvalue weighted by Crippen LogP contribution is -2.44. The minimum atomic E-state index is 0.211.